The summed E-state index contributed by atoms with van der Waals surface area (Å²) in [6, 6.07) is 22.2. The molecule has 0 radical (unpaired) electrons. The molecule has 7 heteroatoms. The molecule has 7 nitrogen and oxygen atoms in total. The number of amides is 4. The van der Waals surface area contributed by atoms with Gasteiger partial charge in [-0.3, -0.25) is 24.1 Å². The second-order valence-corrected chi connectivity index (χ2v) is 7.88. The number of nitrogens with two attached hydrogens (primary N) is 1. The van der Waals surface area contributed by atoms with Crippen molar-refractivity contribution in [1.29, 1.82) is 0 Å². The van der Waals surface area contributed by atoms with E-state index in [1.807, 2.05) is 60.7 Å². The van der Waals surface area contributed by atoms with Gasteiger partial charge < -0.3 is 11.1 Å². The van der Waals surface area contributed by atoms with Gasteiger partial charge in [-0.25, -0.2) is 0 Å². The SMILES string of the molecule is NC(=O)C(Cc1ccccc1)NC(=O)c1ccc2c(c1)C(=O)N(CCc1ccccc1)C2=O. The first-order valence-electron chi connectivity index (χ1n) is 10.6. The summed E-state index contributed by atoms with van der Waals surface area (Å²) >= 11 is 0. The molecule has 1 atom stereocenters. The molecule has 1 unspecified atom stereocenters. The van der Waals surface area contributed by atoms with Crippen LogP contribution in [0.1, 0.15) is 42.2 Å². The highest BCUT2D eigenvalue weighted by Gasteiger charge is 2.35. The third-order valence-electron chi connectivity index (χ3n) is 5.63. The smallest absolute Gasteiger partial charge is 0.261 e. The number of fused-ring (bicyclic) bond motifs is 1. The van der Waals surface area contributed by atoms with Crippen LogP contribution < -0.4 is 11.1 Å². The maximum atomic E-state index is 12.9. The van der Waals surface area contributed by atoms with E-state index in [1.165, 1.54) is 23.1 Å². The van der Waals surface area contributed by atoms with Crippen LogP contribution in [0, 0.1) is 0 Å². The van der Waals surface area contributed by atoms with E-state index in [2.05, 4.69) is 5.32 Å². The van der Waals surface area contributed by atoms with Gasteiger partial charge in [0.2, 0.25) is 5.91 Å². The van der Waals surface area contributed by atoms with E-state index in [9.17, 15) is 19.2 Å². The number of hydrogen-bond acceptors (Lipinski definition) is 4. The Kier molecular flexibility index (Phi) is 6.31. The van der Waals surface area contributed by atoms with Gasteiger partial charge in [0.1, 0.15) is 6.04 Å². The van der Waals surface area contributed by atoms with Gasteiger partial charge in [0.25, 0.3) is 17.7 Å². The zero-order chi connectivity index (χ0) is 23.4. The van der Waals surface area contributed by atoms with E-state index in [1.54, 1.807) is 0 Å². The highest BCUT2D eigenvalue weighted by atomic mass is 16.2. The van der Waals surface area contributed by atoms with Crippen molar-refractivity contribution >= 4 is 23.6 Å². The predicted octanol–water partition coefficient (Wildman–Crippen LogP) is 2.35. The van der Waals surface area contributed by atoms with Gasteiger partial charge in [0.15, 0.2) is 0 Å². The van der Waals surface area contributed by atoms with Crippen LogP contribution in [0.15, 0.2) is 78.9 Å². The summed E-state index contributed by atoms with van der Waals surface area (Å²) in [5, 5.41) is 2.63. The van der Waals surface area contributed by atoms with E-state index < -0.39 is 23.8 Å². The fourth-order valence-electron chi connectivity index (χ4n) is 3.83. The molecule has 0 bridgehead atoms. The fourth-order valence-corrected chi connectivity index (χ4v) is 3.83. The minimum atomic E-state index is -0.909. The van der Waals surface area contributed by atoms with E-state index in [-0.39, 0.29) is 35.6 Å². The third kappa shape index (κ3) is 4.82. The first kappa shape index (κ1) is 22.0. The molecule has 0 fully saturated rings. The zero-order valence-electron chi connectivity index (χ0n) is 17.9. The Hall–Kier alpha value is -4.26. The molecule has 0 saturated heterocycles. The van der Waals surface area contributed by atoms with Crippen LogP contribution in [0.4, 0.5) is 0 Å². The molecule has 1 aliphatic rings. The number of carbonyl (C=O) groups excluding carboxylic acids is 4. The number of nitrogens with zero attached hydrogens (tertiary/aromatic N) is 1. The van der Waals surface area contributed by atoms with Crippen molar-refractivity contribution < 1.29 is 19.2 Å². The van der Waals surface area contributed by atoms with Crippen LogP contribution in [0.5, 0.6) is 0 Å². The van der Waals surface area contributed by atoms with Gasteiger partial charge >= 0.3 is 0 Å². The van der Waals surface area contributed by atoms with Crippen LogP contribution in [-0.2, 0) is 17.6 Å². The van der Waals surface area contributed by atoms with Crippen LogP contribution in [0.2, 0.25) is 0 Å². The number of primary amides is 1. The lowest BCUT2D eigenvalue weighted by molar-refractivity contribution is -0.119. The molecule has 1 heterocycles. The zero-order valence-corrected chi connectivity index (χ0v) is 17.9. The Balaban J connectivity index is 1.47. The van der Waals surface area contributed by atoms with Crippen molar-refractivity contribution in [3.05, 3.63) is 107 Å². The molecule has 3 N–H and O–H groups in total. The number of benzene rings is 3. The van der Waals surface area contributed by atoms with Gasteiger partial charge in [-0.15, -0.1) is 0 Å². The molecule has 0 aliphatic carbocycles. The van der Waals surface area contributed by atoms with Gasteiger partial charge in [-0.1, -0.05) is 60.7 Å². The Morgan fingerprint density at radius 1 is 0.818 bits per heavy atom. The first-order chi connectivity index (χ1) is 15.9. The molecule has 166 valence electrons. The second-order valence-electron chi connectivity index (χ2n) is 7.88. The monoisotopic (exact) mass is 441 g/mol. The average molecular weight is 441 g/mol. The molecule has 0 spiro atoms. The van der Waals surface area contributed by atoms with Crippen molar-refractivity contribution in [2.24, 2.45) is 5.73 Å². The molecule has 3 aromatic rings. The van der Waals surface area contributed by atoms with E-state index in [0.29, 0.717) is 6.42 Å². The highest BCUT2D eigenvalue weighted by Crippen LogP contribution is 2.24. The summed E-state index contributed by atoms with van der Waals surface area (Å²) in [4.78, 5) is 51.5. The maximum Gasteiger partial charge on any atom is 0.261 e. The van der Waals surface area contributed by atoms with Crippen molar-refractivity contribution in [3.63, 3.8) is 0 Å². The van der Waals surface area contributed by atoms with Gasteiger partial charge in [0.05, 0.1) is 11.1 Å². The van der Waals surface area contributed by atoms with Gasteiger partial charge in [-0.2, -0.15) is 0 Å². The Labute approximate surface area is 191 Å². The molecule has 0 aromatic heterocycles. The predicted molar refractivity (Wildman–Crippen MR) is 123 cm³/mol. The Morgan fingerprint density at radius 3 is 2.06 bits per heavy atom. The lowest BCUT2D eigenvalue weighted by Gasteiger charge is -2.16. The number of nitrogens with one attached hydrogen (secondary N) is 1. The molecule has 1 aliphatic heterocycles. The number of imide groups is 1. The summed E-state index contributed by atoms with van der Waals surface area (Å²) < 4.78 is 0. The van der Waals surface area contributed by atoms with Crippen LogP contribution >= 0.6 is 0 Å². The molecule has 0 saturated carbocycles. The Bertz CT molecular complexity index is 1210. The van der Waals surface area contributed by atoms with E-state index in [0.717, 1.165) is 11.1 Å². The number of hydrogen-bond donors (Lipinski definition) is 2. The summed E-state index contributed by atoms with van der Waals surface area (Å²) in [6.07, 6.45) is 0.789. The van der Waals surface area contributed by atoms with Crippen LogP contribution in [-0.4, -0.2) is 41.1 Å². The summed E-state index contributed by atoms with van der Waals surface area (Å²) in [5.41, 5.74) is 7.98. The largest absolute Gasteiger partial charge is 0.368 e. The highest BCUT2D eigenvalue weighted by molar-refractivity contribution is 6.22. The Morgan fingerprint density at radius 2 is 1.42 bits per heavy atom. The van der Waals surface area contributed by atoms with E-state index in [4.69, 9.17) is 5.73 Å². The molecule has 4 rings (SSSR count). The standard InChI is InChI=1S/C26H23N3O4/c27-23(30)22(15-18-9-5-2-6-10-18)28-24(31)19-11-12-20-21(16-19)26(33)29(25(20)32)14-13-17-7-3-1-4-8-17/h1-12,16,22H,13-15H2,(H2,27,30)(H,28,31). The molecular formula is C26H23N3O4. The van der Waals surface area contributed by atoms with Crippen molar-refractivity contribution in [2.75, 3.05) is 6.54 Å². The molecular weight excluding hydrogens is 418 g/mol. The van der Waals surface area contributed by atoms with Gasteiger partial charge in [-0.05, 0) is 35.7 Å². The second kappa shape index (κ2) is 9.48. The minimum absolute atomic E-state index is 0.180. The normalized spacial score (nSPS) is 13.5. The quantitative estimate of drug-likeness (QED) is 0.523. The minimum Gasteiger partial charge on any atom is -0.368 e. The molecule has 3 aromatic carbocycles. The van der Waals surface area contributed by atoms with Gasteiger partial charge in [0, 0.05) is 18.5 Å². The number of carbonyl (C=O) groups is 4. The maximum absolute atomic E-state index is 12.9. The van der Waals surface area contributed by atoms with Crippen molar-refractivity contribution in [3.8, 4) is 0 Å². The summed E-state index contributed by atoms with van der Waals surface area (Å²) in [7, 11) is 0. The molecule has 33 heavy (non-hydrogen) atoms. The number of rotatable bonds is 8. The van der Waals surface area contributed by atoms with Crippen molar-refractivity contribution in [2.45, 2.75) is 18.9 Å². The lowest BCUT2D eigenvalue weighted by atomic mass is 10.0. The topological polar surface area (TPSA) is 110 Å². The lowest BCUT2D eigenvalue weighted by Crippen LogP contribution is -2.45. The van der Waals surface area contributed by atoms with Crippen molar-refractivity contribution in [1.82, 2.24) is 10.2 Å². The molecule has 4 amide bonds. The van der Waals surface area contributed by atoms with Crippen LogP contribution in [0.3, 0.4) is 0 Å². The van der Waals surface area contributed by atoms with Crippen LogP contribution in [0.25, 0.3) is 0 Å². The first-order valence-corrected chi connectivity index (χ1v) is 10.6. The average Bonchev–Trinajstić information content (AvgIpc) is 3.07. The summed E-state index contributed by atoms with van der Waals surface area (Å²) in [6.45, 7) is 0.249. The fraction of sp³-hybridized carbons (Fsp3) is 0.154. The third-order valence-corrected chi connectivity index (χ3v) is 5.63. The summed E-state index contributed by atoms with van der Waals surface area (Å²) in [5.74, 6) is -2.01. The van der Waals surface area contributed by atoms with E-state index >= 15 is 0 Å².